The van der Waals surface area contributed by atoms with Crippen molar-refractivity contribution >= 4 is 59.3 Å². The SMILES string of the molecule is C=C/C=C(\C=C/C1(C)\C(=C/C=C/C=C/C2=NC3C(=CC(C(=O)N(C)OC)=C[NH+]3CCCSO)C2(C)C)N(CCCSO)c2ccc(SO)cc21)C(=O)NN. The molecule has 0 spiro atoms. The lowest BCUT2D eigenvalue weighted by molar-refractivity contribution is -0.868. The molecule has 0 fully saturated rings. The average molecular weight is 796 g/mol. The fourth-order valence-corrected chi connectivity index (χ4v) is 7.68. The summed E-state index contributed by atoms with van der Waals surface area (Å²) in [6, 6.07) is 5.79. The topological polar surface area (TPSA) is 165 Å². The molecule has 1 aromatic rings. The number of rotatable bonds is 18. The van der Waals surface area contributed by atoms with Gasteiger partial charge in [-0.15, -0.1) is 0 Å². The predicted octanol–water partition coefficient (Wildman–Crippen LogP) is 5.71. The highest BCUT2D eigenvalue weighted by Crippen LogP contribution is 2.50. The van der Waals surface area contributed by atoms with E-state index in [1.54, 1.807) is 19.2 Å². The number of fused-ring (bicyclic) bond motifs is 2. The van der Waals surface area contributed by atoms with Gasteiger partial charge in [0.25, 0.3) is 11.8 Å². The monoisotopic (exact) mass is 795 g/mol. The molecule has 54 heavy (non-hydrogen) atoms. The van der Waals surface area contributed by atoms with Gasteiger partial charge in [0.2, 0.25) is 6.17 Å². The van der Waals surface area contributed by atoms with E-state index in [-0.39, 0.29) is 12.1 Å². The maximum atomic E-state index is 13.1. The third kappa shape index (κ3) is 9.59. The van der Waals surface area contributed by atoms with E-state index in [1.165, 1.54) is 18.2 Å². The number of aliphatic imine (C=N–C) groups is 1. The normalized spacial score (nSPS) is 22.8. The summed E-state index contributed by atoms with van der Waals surface area (Å²) >= 11 is 2.28. The van der Waals surface area contributed by atoms with E-state index in [2.05, 4.69) is 37.7 Å². The predicted molar refractivity (Wildman–Crippen MR) is 222 cm³/mol. The first-order valence-corrected chi connectivity index (χ1v) is 20.1. The number of allylic oxidation sites excluding steroid dienone is 8. The Bertz CT molecular complexity index is 1820. The molecular weight excluding hydrogens is 745 g/mol. The van der Waals surface area contributed by atoms with E-state index in [1.807, 2.05) is 66.9 Å². The van der Waals surface area contributed by atoms with Crippen molar-refractivity contribution in [1.29, 1.82) is 0 Å². The summed E-state index contributed by atoms with van der Waals surface area (Å²) in [5.41, 5.74) is 6.63. The van der Waals surface area contributed by atoms with Crippen molar-refractivity contribution < 1.29 is 33.0 Å². The number of nitrogens with one attached hydrogen (secondary N) is 2. The zero-order chi connectivity index (χ0) is 39.5. The van der Waals surface area contributed by atoms with Crippen LogP contribution in [0.25, 0.3) is 0 Å². The van der Waals surface area contributed by atoms with Crippen LogP contribution in [0.15, 0.2) is 124 Å². The van der Waals surface area contributed by atoms with E-state index < -0.39 is 16.7 Å². The minimum Gasteiger partial charge on any atom is -0.344 e. The lowest BCUT2D eigenvalue weighted by atomic mass is 9.78. The third-order valence-corrected chi connectivity index (χ3v) is 11.2. The fraction of sp³-hybridized carbons (Fsp3) is 0.359. The van der Waals surface area contributed by atoms with Gasteiger partial charge >= 0.3 is 0 Å². The number of nitrogens with zero attached hydrogens (tertiary/aromatic N) is 3. The van der Waals surface area contributed by atoms with Gasteiger partial charge in [-0.25, -0.2) is 15.9 Å². The standard InChI is InChI=1S/C39H50N6O6S3/c1-7-13-27(36(46)42-40)18-19-39(4)30-25-29(54-50)16-17-32(30)45(21-12-23-53-49)34(39)15-10-8-9-14-33-38(2,3)31-24-28(37(47)43(5)51-6)26-44(35(31)41-33)20-11-22-52-48/h7-10,13-19,24-26,35,48-50H,1,11-12,20-23,40H2,2-6H3,(H,42,46)/p+1/b10-8+,14-9+,19-18-,27-13+,34-15+. The number of hydrazine groups is 1. The first-order valence-electron chi connectivity index (χ1n) is 17.5. The Hall–Kier alpha value is -3.64. The van der Waals surface area contributed by atoms with Gasteiger partial charge in [-0.1, -0.05) is 63.0 Å². The van der Waals surface area contributed by atoms with Crippen LogP contribution in [0.2, 0.25) is 0 Å². The molecule has 15 heteroatoms. The van der Waals surface area contributed by atoms with Crippen molar-refractivity contribution in [2.75, 3.05) is 43.7 Å². The smallest absolute Gasteiger partial charge is 0.282 e. The quantitative estimate of drug-likeness (QED) is 0.0205. The molecule has 4 rings (SSSR count). The maximum Gasteiger partial charge on any atom is 0.282 e. The number of hydrogen-bond acceptors (Lipinski definition) is 12. The van der Waals surface area contributed by atoms with Crippen LogP contribution in [0.3, 0.4) is 0 Å². The van der Waals surface area contributed by atoms with E-state index in [9.17, 15) is 23.2 Å². The van der Waals surface area contributed by atoms with Gasteiger partial charge < -0.3 is 18.6 Å². The molecule has 290 valence electrons. The lowest BCUT2D eigenvalue weighted by Crippen LogP contribution is -3.12. The average Bonchev–Trinajstić information content (AvgIpc) is 3.57. The van der Waals surface area contributed by atoms with Crippen LogP contribution in [0.1, 0.15) is 39.2 Å². The molecule has 0 radical (unpaired) electrons. The molecule has 0 saturated heterocycles. The number of likely N-dealkylation sites (N-methyl/N-ethyl adjacent to an activating group) is 1. The zero-order valence-corrected chi connectivity index (χ0v) is 33.8. The largest absolute Gasteiger partial charge is 0.344 e. The van der Waals surface area contributed by atoms with Gasteiger partial charge in [0.05, 0.1) is 30.4 Å². The van der Waals surface area contributed by atoms with Crippen LogP contribution in [-0.4, -0.2) is 81.2 Å². The second-order valence-corrected chi connectivity index (χ2v) is 15.5. The molecule has 0 bridgehead atoms. The molecule has 0 aliphatic carbocycles. The Morgan fingerprint density at radius 3 is 2.56 bits per heavy atom. The summed E-state index contributed by atoms with van der Waals surface area (Å²) in [5.74, 6) is 5.91. The van der Waals surface area contributed by atoms with E-state index in [4.69, 9.17) is 15.7 Å². The van der Waals surface area contributed by atoms with Crippen LogP contribution < -0.4 is 21.1 Å². The highest BCUT2D eigenvalue weighted by molar-refractivity contribution is 7.94. The van der Waals surface area contributed by atoms with Crippen LogP contribution in [0.5, 0.6) is 0 Å². The zero-order valence-electron chi connectivity index (χ0n) is 31.3. The van der Waals surface area contributed by atoms with Gasteiger partial charge in [0.1, 0.15) is 6.20 Å². The molecule has 0 aromatic heterocycles. The number of carbonyl (C=O) groups is 2. The van der Waals surface area contributed by atoms with Crippen molar-refractivity contribution in [2.24, 2.45) is 16.3 Å². The van der Waals surface area contributed by atoms with Gasteiger partial charge in [-0.2, -0.15) is 0 Å². The fourth-order valence-electron chi connectivity index (χ4n) is 6.85. The molecule has 2 amide bonds. The van der Waals surface area contributed by atoms with Crippen LogP contribution in [0.4, 0.5) is 5.69 Å². The second kappa shape index (κ2) is 19.8. The Kier molecular flexibility index (Phi) is 15.8. The van der Waals surface area contributed by atoms with Crippen molar-refractivity contribution in [3.8, 4) is 0 Å². The van der Waals surface area contributed by atoms with Crippen LogP contribution in [0, 0.1) is 5.41 Å². The minimum absolute atomic E-state index is 0.197. The second-order valence-electron chi connectivity index (χ2n) is 13.5. The molecule has 3 unspecified atom stereocenters. The molecule has 0 saturated carbocycles. The molecule has 3 atom stereocenters. The number of hydrogen-bond donors (Lipinski definition) is 6. The van der Waals surface area contributed by atoms with Crippen molar-refractivity contribution in [1.82, 2.24) is 10.5 Å². The number of hydroxylamine groups is 2. The van der Waals surface area contributed by atoms with Crippen LogP contribution >= 0.6 is 36.1 Å². The number of anilines is 1. The van der Waals surface area contributed by atoms with Gasteiger partial charge in [-0.05, 0) is 79.4 Å². The van der Waals surface area contributed by atoms with E-state index in [0.717, 1.165) is 63.6 Å². The van der Waals surface area contributed by atoms with Crippen molar-refractivity contribution in [3.05, 3.63) is 120 Å². The van der Waals surface area contributed by atoms with Crippen LogP contribution in [-0.2, 0) is 19.8 Å². The van der Waals surface area contributed by atoms with Gasteiger partial charge in [0.15, 0.2) is 0 Å². The number of nitrogens with two attached hydrogens (primary N) is 1. The number of amides is 2. The van der Waals surface area contributed by atoms with E-state index >= 15 is 0 Å². The molecule has 12 nitrogen and oxygen atoms in total. The molecule has 7 N–H and O–H groups in total. The first kappa shape index (κ1) is 43.1. The number of quaternary nitrogens is 1. The highest BCUT2D eigenvalue weighted by atomic mass is 32.2. The Morgan fingerprint density at radius 1 is 1.15 bits per heavy atom. The van der Waals surface area contributed by atoms with Gasteiger partial charge in [-0.3, -0.25) is 24.8 Å². The highest BCUT2D eigenvalue weighted by Gasteiger charge is 2.46. The molecule has 3 aliphatic rings. The summed E-state index contributed by atoms with van der Waals surface area (Å²) in [6.07, 6.45) is 21.8. The lowest BCUT2D eigenvalue weighted by Gasteiger charge is -2.30. The van der Waals surface area contributed by atoms with Gasteiger partial charge in [0, 0.05) is 76.4 Å². The summed E-state index contributed by atoms with van der Waals surface area (Å²) in [4.78, 5) is 39.9. The molecule has 3 heterocycles. The Labute approximate surface area is 331 Å². The molecule has 1 aromatic carbocycles. The molecule has 3 aliphatic heterocycles. The Morgan fingerprint density at radius 2 is 1.89 bits per heavy atom. The first-order chi connectivity index (χ1) is 25.9. The summed E-state index contributed by atoms with van der Waals surface area (Å²) in [7, 11) is 3.04. The maximum absolute atomic E-state index is 13.1. The minimum atomic E-state index is -0.726. The summed E-state index contributed by atoms with van der Waals surface area (Å²) in [5, 5.41) is 1.21. The number of benzene rings is 1. The van der Waals surface area contributed by atoms with E-state index in [0.29, 0.717) is 59.1 Å². The summed E-state index contributed by atoms with van der Waals surface area (Å²) < 4.78 is 28.8. The number of carbonyl (C=O) groups excluding carboxylic acids is 2. The van der Waals surface area contributed by atoms with Crippen molar-refractivity contribution in [2.45, 2.75) is 50.1 Å². The third-order valence-electron chi connectivity index (χ3n) is 9.82. The Balaban J connectivity index is 1.71. The summed E-state index contributed by atoms with van der Waals surface area (Å²) in [6.45, 7) is 11.3. The van der Waals surface area contributed by atoms with Crippen molar-refractivity contribution in [3.63, 3.8) is 0 Å². The molecular formula is C39H51N6O6S3+.